The largest absolute Gasteiger partial charge is 0.438 e. The zero-order valence-corrected chi connectivity index (χ0v) is 22.9. The second-order valence-electron chi connectivity index (χ2n) is 9.50. The van der Waals surface area contributed by atoms with Crippen LogP contribution in [-0.2, 0) is 11.8 Å². The van der Waals surface area contributed by atoms with E-state index in [1.165, 1.54) is 9.08 Å². The van der Waals surface area contributed by atoms with Gasteiger partial charge in [0.2, 0.25) is 5.88 Å². The molecule has 0 aliphatic rings. The highest BCUT2D eigenvalue weighted by Gasteiger charge is 2.22. The average molecular weight is 547 g/mol. The second kappa shape index (κ2) is 10.8. The summed E-state index contributed by atoms with van der Waals surface area (Å²) in [5, 5.41) is 12.5. The van der Waals surface area contributed by atoms with Crippen LogP contribution in [0.2, 0.25) is 0 Å². The molecule has 0 fully saturated rings. The lowest BCUT2D eigenvalue weighted by molar-refractivity contribution is -0.112. The number of aromatic nitrogens is 4. The molecule has 0 saturated carbocycles. The number of pyridine rings is 1. The van der Waals surface area contributed by atoms with Crippen LogP contribution in [0.25, 0.3) is 17.4 Å². The fourth-order valence-corrected chi connectivity index (χ4v) is 4.47. The molecule has 5 rings (SSSR count). The molecule has 0 aliphatic carbocycles. The molecule has 41 heavy (non-hydrogen) atoms. The van der Waals surface area contributed by atoms with Crippen molar-refractivity contribution in [2.75, 3.05) is 5.32 Å². The van der Waals surface area contributed by atoms with Crippen molar-refractivity contribution < 1.29 is 9.53 Å². The van der Waals surface area contributed by atoms with Crippen LogP contribution in [-0.4, -0.2) is 24.7 Å². The Morgan fingerprint density at radius 3 is 2.46 bits per heavy atom. The van der Waals surface area contributed by atoms with Crippen molar-refractivity contribution in [2.45, 2.75) is 20.8 Å². The Hall–Kier alpha value is -5.69. The van der Waals surface area contributed by atoms with E-state index < -0.39 is 22.6 Å². The van der Waals surface area contributed by atoms with Gasteiger partial charge in [-0.3, -0.25) is 23.5 Å². The maximum atomic E-state index is 13.6. The molecule has 0 spiro atoms. The predicted octanol–water partition coefficient (Wildman–Crippen LogP) is 4.45. The number of para-hydroxylation sites is 1. The van der Waals surface area contributed by atoms with E-state index in [2.05, 4.69) is 10.3 Å². The molecule has 10 nitrogen and oxygen atoms in total. The number of aryl methyl sites for hydroxylation is 2. The minimum Gasteiger partial charge on any atom is -0.438 e. The lowest BCUT2D eigenvalue weighted by Gasteiger charge is -2.12. The molecule has 204 valence electrons. The highest BCUT2D eigenvalue weighted by Crippen LogP contribution is 2.26. The van der Waals surface area contributed by atoms with Gasteiger partial charge in [0.25, 0.3) is 17.0 Å². The molecule has 0 unspecified atom stereocenters. The number of anilines is 1. The summed E-state index contributed by atoms with van der Waals surface area (Å²) in [5.41, 5.74) is 1.68. The van der Waals surface area contributed by atoms with E-state index in [9.17, 15) is 19.6 Å². The van der Waals surface area contributed by atoms with Crippen LogP contribution in [0.1, 0.15) is 22.4 Å². The van der Waals surface area contributed by atoms with Gasteiger partial charge in [0, 0.05) is 13.2 Å². The van der Waals surface area contributed by atoms with Gasteiger partial charge in [-0.1, -0.05) is 36.4 Å². The van der Waals surface area contributed by atoms with Crippen LogP contribution >= 0.6 is 0 Å². The van der Waals surface area contributed by atoms with Crippen molar-refractivity contribution >= 4 is 23.3 Å². The summed E-state index contributed by atoms with van der Waals surface area (Å²) < 4.78 is 10.4. The Bertz CT molecular complexity index is 2010. The SMILES string of the molecule is Cc1cccc(Oc2nc3c(C)cccn3c(=O)c2C=C(C#N)C(=O)Nc2c(C)n(C)n(-c3ccccc3)c2=O)c1. The summed E-state index contributed by atoms with van der Waals surface area (Å²) in [5.74, 6) is -0.472. The van der Waals surface area contributed by atoms with Gasteiger partial charge in [-0.15, -0.1) is 0 Å². The molecule has 0 bridgehead atoms. The Labute approximate surface area is 235 Å². The quantitative estimate of drug-likeness (QED) is 0.248. The van der Waals surface area contributed by atoms with E-state index in [1.807, 2.05) is 38.1 Å². The van der Waals surface area contributed by atoms with Crippen LogP contribution < -0.4 is 21.2 Å². The first-order valence-corrected chi connectivity index (χ1v) is 12.7. The summed E-state index contributed by atoms with van der Waals surface area (Å²) in [6.45, 7) is 5.39. The molecular weight excluding hydrogens is 520 g/mol. The molecule has 1 N–H and O–H groups in total. The molecule has 0 aliphatic heterocycles. The molecule has 3 aromatic heterocycles. The lowest BCUT2D eigenvalue weighted by atomic mass is 10.1. The zero-order chi connectivity index (χ0) is 29.3. The highest BCUT2D eigenvalue weighted by atomic mass is 16.5. The van der Waals surface area contributed by atoms with Crippen LogP contribution in [0.15, 0.2) is 88.1 Å². The molecule has 0 radical (unpaired) electrons. The number of benzene rings is 2. The molecule has 2 aromatic carbocycles. The first-order valence-electron chi connectivity index (χ1n) is 12.7. The van der Waals surface area contributed by atoms with Crippen LogP contribution in [0.3, 0.4) is 0 Å². The van der Waals surface area contributed by atoms with E-state index in [0.717, 1.165) is 17.2 Å². The summed E-state index contributed by atoms with van der Waals surface area (Å²) >= 11 is 0. The molecule has 1 amide bonds. The first kappa shape index (κ1) is 26.9. The summed E-state index contributed by atoms with van der Waals surface area (Å²) in [6, 6.07) is 21.5. The van der Waals surface area contributed by atoms with Gasteiger partial charge in [0.05, 0.1) is 11.4 Å². The first-order chi connectivity index (χ1) is 19.7. The number of nitrogens with zero attached hydrogens (tertiary/aromatic N) is 5. The van der Waals surface area contributed by atoms with E-state index >= 15 is 0 Å². The predicted molar refractivity (Wildman–Crippen MR) is 155 cm³/mol. The molecular formula is C31H26N6O4. The number of fused-ring (bicyclic) bond motifs is 1. The minimum atomic E-state index is -0.853. The fraction of sp³-hybridized carbons (Fsp3) is 0.129. The standard InChI is InChI=1S/C31H26N6O4/c1-19-10-8-14-24(16-19)41-29-25(30(39)36-15-9-11-20(2)27(36)34-29)17-22(18-32)28(38)33-26-21(3)35(4)37(31(26)40)23-12-6-5-7-13-23/h5-17H,1-4H3,(H,33,38). The molecule has 0 atom stereocenters. The third-order valence-electron chi connectivity index (χ3n) is 6.70. The summed E-state index contributed by atoms with van der Waals surface area (Å²) in [7, 11) is 1.69. The summed E-state index contributed by atoms with van der Waals surface area (Å²) in [6.07, 6.45) is 2.69. The number of carbonyl (C=O) groups excluding carboxylic acids is 1. The van der Waals surface area contributed by atoms with Gasteiger partial charge in [-0.2, -0.15) is 10.2 Å². The van der Waals surface area contributed by atoms with Gasteiger partial charge in [-0.25, -0.2) is 4.68 Å². The second-order valence-corrected chi connectivity index (χ2v) is 9.50. The van der Waals surface area contributed by atoms with Crippen molar-refractivity contribution in [3.8, 4) is 23.4 Å². The third-order valence-corrected chi connectivity index (χ3v) is 6.70. The Morgan fingerprint density at radius 1 is 1.00 bits per heavy atom. The number of hydrogen-bond acceptors (Lipinski definition) is 6. The number of nitrogens with one attached hydrogen (secondary N) is 1. The van der Waals surface area contributed by atoms with Gasteiger partial charge in [0.15, 0.2) is 0 Å². The fourth-order valence-electron chi connectivity index (χ4n) is 4.47. The van der Waals surface area contributed by atoms with E-state index in [-0.39, 0.29) is 17.1 Å². The maximum Gasteiger partial charge on any atom is 0.295 e. The Morgan fingerprint density at radius 2 is 1.76 bits per heavy atom. The highest BCUT2D eigenvalue weighted by molar-refractivity contribution is 6.10. The van der Waals surface area contributed by atoms with Crippen molar-refractivity contribution in [3.63, 3.8) is 0 Å². The smallest absolute Gasteiger partial charge is 0.295 e. The number of hydrogen-bond donors (Lipinski definition) is 1. The number of ether oxygens (including phenoxy) is 1. The van der Waals surface area contributed by atoms with Crippen LogP contribution in [0.5, 0.6) is 11.6 Å². The van der Waals surface area contributed by atoms with Gasteiger partial charge in [0.1, 0.15) is 34.3 Å². The Balaban J connectivity index is 1.60. The van der Waals surface area contributed by atoms with E-state index in [0.29, 0.717) is 22.8 Å². The monoisotopic (exact) mass is 546 g/mol. The third kappa shape index (κ3) is 5.04. The molecule has 3 heterocycles. The van der Waals surface area contributed by atoms with Crippen LogP contribution in [0.4, 0.5) is 5.69 Å². The van der Waals surface area contributed by atoms with Gasteiger partial charge < -0.3 is 10.1 Å². The van der Waals surface area contributed by atoms with Crippen LogP contribution in [0, 0.1) is 32.1 Å². The van der Waals surface area contributed by atoms with Gasteiger partial charge >= 0.3 is 0 Å². The average Bonchev–Trinajstić information content (AvgIpc) is 3.16. The van der Waals surface area contributed by atoms with Crippen molar-refractivity contribution in [3.05, 3.63) is 122 Å². The van der Waals surface area contributed by atoms with Crippen molar-refractivity contribution in [1.29, 1.82) is 5.26 Å². The molecule has 5 aromatic rings. The van der Waals surface area contributed by atoms with E-state index in [4.69, 9.17) is 4.74 Å². The molecule has 0 saturated heterocycles. The normalized spacial score (nSPS) is 11.3. The number of carbonyl (C=O) groups is 1. The Kier molecular flexibility index (Phi) is 7.10. The van der Waals surface area contributed by atoms with E-state index in [1.54, 1.807) is 73.4 Å². The number of rotatable bonds is 6. The van der Waals surface area contributed by atoms with Gasteiger partial charge in [-0.05, 0) is 68.3 Å². The molecule has 10 heteroatoms. The minimum absolute atomic E-state index is 0.0164. The number of amides is 1. The summed E-state index contributed by atoms with van der Waals surface area (Å²) in [4.78, 5) is 44.8. The van der Waals surface area contributed by atoms with Crippen molar-refractivity contribution in [1.82, 2.24) is 18.7 Å². The zero-order valence-electron chi connectivity index (χ0n) is 22.9. The lowest BCUT2D eigenvalue weighted by Crippen LogP contribution is -2.24. The topological polar surface area (TPSA) is 123 Å². The number of nitriles is 1. The maximum absolute atomic E-state index is 13.6. The van der Waals surface area contributed by atoms with Crippen molar-refractivity contribution in [2.24, 2.45) is 7.05 Å².